The number of carbonyl (C=O) groups is 1. The molecule has 0 unspecified atom stereocenters. The molecule has 4 nitrogen and oxygen atoms in total. The van der Waals surface area contributed by atoms with Crippen LogP contribution in [-0.2, 0) is 6.42 Å². The SMILES string of the molecule is CCc1nc2c(C(=O)O)cccc2n1C1CCCCC1. The van der Waals surface area contributed by atoms with Gasteiger partial charge < -0.3 is 9.67 Å². The number of benzene rings is 1. The smallest absolute Gasteiger partial charge is 0.337 e. The lowest BCUT2D eigenvalue weighted by Crippen LogP contribution is -2.15. The van der Waals surface area contributed by atoms with Crippen molar-refractivity contribution in [1.29, 1.82) is 0 Å². The van der Waals surface area contributed by atoms with E-state index in [1.807, 2.05) is 12.1 Å². The quantitative estimate of drug-likeness (QED) is 0.924. The van der Waals surface area contributed by atoms with Crippen LogP contribution < -0.4 is 0 Å². The number of hydrogen-bond acceptors (Lipinski definition) is 2. The average Bonchev–Trinajstić information content (AvgIpc) is 2.86. The summed E-state index contributed by atoms with van der Waals surface area (Å²) in [6, 6.07) is 5.95. The van der Waals surface area contributed by atoms with Gasteiger partial charge in [0.25, 0.3) is 0 Å². The monoisotopic (exact) mass is 272 g/mol. The van der Waals surface area contributed by atoms with Gasteiger partial charge in [-0.05, 0) is 25.0 Å². The number of fused-ring (bicyclic) bond motifs is 1. The third kappa shape index (κ3) is 2.09. The Bertz CT molecular complexity index is 639. The van der Waals surface area contributed by atoms with E-state index in [0.29, 0.717) is 17.1 Å². The summed E-state index contributed by atoms with van der Waals surface area (Å²) in [4.78, 5) is 16.0. The number of aryl methyl sites for hydroxylation is 1. The Labute approximate surface area is 118 Å². The minimum atomic E-state index is -0.897. The Kier molecular flexibility index (Phi) is 3.47. The van der Waals surface area contributed by atoms with Crippen molar-refractivity contribution >= 4 is 17.0 Å². The normalized spacial score (nSPS) is 16.6. The Morgan fingerprint density at radius 1 is 1.35 bits per heavy atom. The number of aromatic carboxylic acids is 1. The zero-order valence-corrected chi connectivity index (χ0v) is 11.8. The van der Waals surface area contributed by atoms with Crippen molar-refractivity contribution in [2.24, 2.45) is 0 Å². The van der Waals surface area contributed by atoms with E-state index in [4.69, 9.17) is 0 Å². The molecule has 0 amide bonds. The Balaban J connectivity index is 2.19. The highest BCUT2D eigenvalue weighted by Crippen LogP contribution is 2.33. The first kappa shape index (κ1) is 13.2. The lowest BCUT2D eigenvalue weighted by atomic mass is 9.95. The molecule has 1 aliphatic carbocycles. The number of hydrogen-bond donors (Lipinski definition) is 1. The minimum absolute atomic E-state index is 0.312. The summed E-state index contributed by atoms with van der Waals surface area (Å²) < 4.78 is 2.29. The topological polar surface area (TPSA) is 55.1 Å². The van der Waals surface area contributed by atoms with Crippen LogP contribution in [0, 0.1) is 0 Å². The second-order valence-corrected chi connectivity index (χ2v) is 5.52. The third-order valence-electron chi connectivity index (χ3n) is 4.28. The molecular formula is C16H20N2O2. The number of aromatic nitrogens is 2. The van der Waals surface area contributed by atoms with Gasteiger partial charge in [-0.3, -0.25) is 0 Å². The molecule has 0 atom stereocenters. The van der Waals surface area contributed by atoms with E-state index in [-0.39, 0.29) is 0 Å². The number of para-hydroxylation sites is 1. The molecule has 20 heavy (non-hydrogen) atoms. The molecule has 1 heterocycles. The molecular weight excluding hydrogens is 252 g/mol. The Morgan fingerprint density at radius 2 is 2.10 bits per heavy atom. The predicted octanol–water partition coefficient (Wildman–Crippen LogP) is 3.80. The summed E-state index contributed by atoms with van der Waals surface area (Å²) in [5.41, 5.74) is 1.93. The van der Waals surface area contributed by atoms with Gasteiger partial charge in [-0.2, -0.15) is 0 Å². The van der Waals surface area contributed by atoms with Gasteiger partial charge in [-0.15, -0.1) is 0 Å². The van der Waals surface area contributed by atoms with Crippen LogP contribution in [0.15, 0.2) is 18.2 Å². The first-order valence-electron chi connectivity index (χ1n) is 7.45. The third-order valence-corrected chi connectivity index (χ3v) is 4.28. The van der Waals surface area contributed by atoms with Crippen molar-refractivity contribution in [3.8, 4) is 0 Å². The number of nitrogens with zero attached hydrogens (tertiary/aromatic N) is 2. The molecule has 1 fully saturated rings. The van der Waals surface area contributed by atoms with E-state index >= 15 is 0 Å². The van der Waals surface area contributed by atoms with Crippen molar-refractivity contribution in [3.63, 3.8) is 0 Å². The molecule has 106 valence electrons. The summed E-state index contributed by atoms with van der Waals surface area (Å²) >= 11 is 0. The molecule has 1 aromatic heterocycles. The fraction of sp³-hybridized carbons (Fsp3) is 0.500. The van der Waals surface area contributed by atoms with Crippen molar-refractivity contribution < 1.29 is 9.90 Å². The highest BCUT2D eigenvalue weighted by atomic mass is 16.4. The number of rotatable bonds is 3. The lowest BCUT2D eigenvalue weighted by molar-refractivity contribution is 0.0699. The first-order valence-corrected chi connectivity index (χ1v) is 7.45. The van der Waals surface area contributed by atoms with Crippen LogP contribution in [0.25, 0.3) is 11.0 Å². The maximum Gasteiger partial charge on any atom is 0.337 e. The fourth-order valence-corrected chi connectivity index (χ4v) is 3.33. The summed E-state index contributed by atoms with van der Waals surface area (Å²) in [5, 5.41) is 9.32. The maximum atomic E-state index is 11.4. The van der Waals surface area contributed by atoms with E-state index in [1.54, 1.807) is 6.07 Å². The van der Waals surface area contributed by atoms with Crippen molar-refractivity contribution in [2.75, 3.05) is 0 Å². The summed E-state index contributed by atoms with van der Waals surface area (Å²) in [5.74, 6) is 0.118. The van der Waals surface area contributed by atoms with Crippen LogP contribution in [0.2, 0.25) is 0 Å². The van der Waals surface area contributed by atoms with Crippen LogP contribution >= 0.6 is 0 Å². The van der Waals surface area contributed by atoms with Gasteiger partial charge >= 0.3 is 5.97 Å². The zero-order chi connectivity index (χ0) is 14.1. The van der Waals surface area contributed by atoms with Crippen LogP contribution in [-0.4, -0.2) is 20.6 Å². The van der Waals surface area contributed by atoms with Crippen LogP contribution in [0.5, 0.6) is 0 Å². The molecule has 0 radical (unpaired) electrons. The van der Waals surface area contributed by atoms with E-state index in [9.17, 15) is 9.90 Å². The molecule has 1 aliphatic rings. The van der Waals surface area contributed by atoms with Gasteiger partial charge in [0.05, 0.1) is 11.1 Å². The van der Waals surface area contributed by atoms with Crippen molar-refractivity contribution in [3.05, 3.63) is 29.6 Å². The summed E-state index contributed by atoms with van der Waals surface area (Å²) in [6.45, 7) is 2.08. The van der Waals surface area contributed by atoms with Gasteiger partial charge in [-0.1, -0.05) is 32.3 Å². The molecule has 0 bridgehead atoms. The average molecular weight is 272 g/mol. The number of carboxylic acids is 1. The van der Waals surface area contributed by atoms with Gasteiger partial charge in [0.15, 0.2) is 0 Å². The van der Waals surface area contributed by atoms with Gasteiger partial charge in [0.2, 0.25) is 0 Å². The number of carboxylic acid groups (broad SMARTS) is 1. The van der Waals surface area contributed by atoms with E-state index in [2.05, 4.69) is 16.5 Å². The van der Waals surface area contributed by atoms with Crippen LogP contribution in [0.3, 0.4) is 0 Å². The maximum absolute atomic E-state index is 11.4. The van der Waals surface area contributed by atoms with Crippen LogP contribution in [0.1, 0.15) is 61.3 Å². The fourth-order valence-electron chi connectivity index (χ4n) is 3.33. The molecule has 0 aliphatic heterocycles. The molecule has 2 aromatic rings. The molecule has 1 N–H and O–H groups in total. The molecule has 0 saturated heterocycles. The minimum Gasteiger partial charge on any atom is -0.478 e. The second-order valence-electron chi connectivity index (χ2n) is 5.52. The van der Waals surface area contributed by atoms with Crippen molar-refractivity contribution in [2.45, 2.75) is 51.5 Å². The summed E-state index contributed by atoms with van der Waals surface area (Å²) in [6.07, 6.45) is 7.01. The van der Waals surface area contributed by atoms with E-state index < -0.39 is 5.97 Å². The molecule has 0 spiro atoms. The van der Waals surface area contributed by atoms with Crippen molar-refractivity contribution in [1.82, 2.24) is 9.55 Å². The van der Waals surface area contributed by atoms with E-state index in [1.165, 1.54) is 32.1 Å². The molecule has 4 heteroatoms. The Morgan fingerprint density at radius 3 is 2.75 bits per heavy atom. The molecule has 1 saturated carbocycles. The van der Waals surface area contributed by atoms with Gasteiger partial charge in [0, 0.05) is 12.5 Å². The summed E-state index contributed by atoms with van der Waals surface area (Å²) in [7, 11) is 0. The molecule has 3 rings (SSSR count). The van der Waals surface area contributed by atoms with Gasteiger partial charge in [0.1, 0.15) is 11.3 Å². The van der Waals surface area contributed by atoms with Crippen LogP contribution in [0.4, 0.5) is 0 Å². The Hall–Kier alpha value is -1.84. The lowest BCUT2D eigenvalue weighted by Gasteiger charge is -2.25. The highest BCUT2D eigenvalue weighted by molar-refractivity contribution is 6.01. The second kappa shape index (κ2) is 5.27. The highest BCUT2D eigenvalue weighted by Gasteiger charge is 2.22. The molecule has 1 aromatic carbocycles. The number of imidazole rings is 1. The zero-order valence-electron chi connectivity index (χ0n) is 11.8. The standard InChI is InChI=1S/C16H20N2O2/c1-2-14-17-15-12(16(19)20)9-6-10-13(15)18(14)11-7-4-3-5-8-11/h6,9-11H,2-5,7-8H2,1H3,(H,19,20). The van der Waals surface area contributed by atoms with Gasteiger partial charge in [-0.25, -0.2) is 9.78 Å². The van der Waals surface area contributed by atoms with E-state index in [0.717, 1.165) is 17.8 Å². The first-order chi connectivity index (χ1) is 9.72. The largest absolute Gasteiger partial charge is 0.478 e. The predicted molar refractivity (Wildman–Crippen MR) is 78.2 cm³/mol.